The van der Waals surface area contributed by atoms with Gasteiger partial charge in [-0.05, 0) is 31.7 Å². The molecule has 1 fully saturated rings. The zero-order chi connectivity index (χ0) is 17.6. The molecule has 3 rings (SSSR count). The first-order chi connectivity index (χ1) is 12.1. The van der Waals surface area contributed by atoms with Crippen LogP contribution in [-0.2, 0) is 4.74 Å². The lowest BCUT2D eigenvalue weighted by atomic mass is 10.1. The third kappa shape index (κ3) is 4.94. The molecular weight excluding hydrogens is 314 g/mol. The molecule has 2 aromatic carbocycles. The number of ether oxygens (including phenoxy) is 1. The lowest BCUT2D eigenvalue weighted by Gasteiger charge is -2.35. The van der Waals surface area contributed by atoms with Gasteiger partial charge in [-0.3, -0.25) is 4.90 Å². The van der Waals surface area contributed by atoms with Gasteiger partial charge >= 0.3 is 6.03 Å². The highest BCUT2D eigenvalue weighted by atomic mass is 16.5. The molecule has 25 heavy (non-hydrogen) atoms. The molecule has 5 nitrogen and oxygen atoms in total. The summed E-state index contributed by atoms with van der Waals surface area (Å²) in [5, 5.41) is 8.08. The molecule has 0 spiro atoms. The minimum absolute atomic E-state index is 0.153. The third-order valence-corrected chi connectivity index (χ3v) is 4.47. The van der Waals surface area contributed by atoms with Crippen molar-refractivity contribution in [2.45, 2.75) is 32.5 Å². The van der Waals surface area contributed by atoms with E-state index in [2.05, 4.69) is 29.4 Å². The molecule has 2 N–H and O–H groups in total. The molecule has 2 aromatic rings. The van der Waals surface area contributed by atoms with Crippen LogP contribution in [0.4, 0.5) is 10.5 Å². The van der Waals surface area contributed by atoms with Crippen LogP contribution in [0.3, 0.4) is 0 Å². The van der Waals surface area contributed by atoms with E-state index in [4.69, 9.17) is 4.74 Å². The molecule has 1 aliphatic heterocycles. The average molecular weight is 341 g/mol. The summed E-state index contributed by atoms with van der Waals surface area (Å²) in [6.07, 6.45) is 1.50. The molecule has 2 atom stereocenters. The van der Waals surface area contributed by atoms with Crippen molar-refractivity contribution in [2.75, 3.05) is 31.5 Å². The summed E-state index contributed by atoms with van der Waals surface area (Å²) in [4.78, 5) is 14.6. The standard InChI is InChI=1S/C20H27N3O2/c1-15-13-23(14-16(2)25-15)12-6-11-21-20(24)22-19-10-5-8-17-7-3-4-9-18(17)19/h3-5,7-10,15-16H,6,11-14H2,1-2H3,(H2,21,22,24)/t15-,16-/m0/s1. The van der Waals surface area contributed by atoms with Crippen molar-refractivity contribution in [2.24, 2.45) is 0 Å². The molecular formula is C20H27N3O2. The monoisotopic (exact) mass is 341 g/mol. The van der Waals surface area contributed by atoms with Gasteiger partial charge in [0.2, 0.25) is 0 Å². The van der Waals surface area contributed by atoms with Crippen LogP contribution in [0.5, 0.6) is 0 Å². The topological polar surface area (TPSA) is 53.6 Å². The Morgan fingerprint density at radius 1 is 1.12 bits per heavy atom. The van der Waals surface area contributed by atoms with E-state index in [0.29, 0.717) is 6.54 Å². The number of carbonyl (C=O) groups excluding carboxylic acids is 1. The number of amides is 2. The first-order valence-electron chi connectivity index (χ1n) is 9.02. The summed E-state index contributed by atoms with van der Waals surface area (Å²) < 4.78 is 5.74. The fourth-order valence-electron chi connectivity index (χ4n) is 3.47. The van der Waals surface area contributed by atoms with Gasteiger partial charge < -0.3 is 15.4 Å². The van der Waals surface area contributed by atoms with Crippen molar-refractivity contribution >= 4 is 22.5 Å². The van der Waals surface area contributed by atoms with Crippen molar-refractivity contribution in [1.29, 1.82) is 0 Å². The van der Waals surface area contributed by atoms with Crippen LogP contribution in [0.25, 0.3) is 10.8 Å². The fourth-order valence-corrected chi connectivity index (χ4v) is 3.47. The molecule has 0 unspecified atom stereocenters. The van der Waals surface area contributed by atoms with Crippen LogP contribution in [0, 0.1) is 0 Å². The van der Waals surface area contributed by atoms with Crippen molar-refractivity contribution in [3.63, 3.8) is 0 Å². The van der Waals surface area contributed by atoms with Crippen molar-refractivity contribution in [1.82, 2.24) is 10.2 Å². The molecule has 1 saturated heterocycles. The van der Waals surface area contributed by atoms with Gasteiger partial charge in [0, 0.05) is 31.6 Å². The zero-order valence-corrected chi connectivity index (χ0v) is 15.0. The number of morpholine rings is 1. The van der Waals surface area contributed by atoms with Gasteiger partial charge in [-0.25, -0.2) is 4.79 Å². The molecule has 0 aliphatic carbocycles. The van der Waals surface area contributed by atoms with Crippen molar-refractivity contribution in [3.05, 3.63) is 42.5 Å². The van der Waals surface area contributed by atoms with Crippen LogP contribution >= 0.6 is 0 Å². The third-order valence-electron chi connectivity index (χ3n) is 4.47. The van der Waals surface area contributed by atoms with Crippen LogP contribution in [-0.4, -0.2) is 49.3 Å². The number of benzene rings is 2. The van der Waals surface area contributed by atoms with Gasteiger partial charge in [-0.1, -0.05) is 36.4 Å². The van der Waals surface area contributed by atoms with E-state index in [0.717, 1.165) is 42.5 Å². The van der Waals surface area contributed by atoms with Gasteiger partial charge in [0.15, 0.2) is 0 Å². The van der Waals surface area contributed by atoms with Crippen LogP contribution < -0.4 is 10.6 Å². The van der Waals surface area contributed by atoms with Gasteiger partial charge in [0.1, 0.15) is 0 Å². The molecule has 0 saturated carbocycles. The number of urea groups is 1. The summed E-state index contributed by atoms with van der Waals surface area (Å²) in [6, 6.07) is 13.8. The van der Waals surface area contributed by atoms with E-state index in [9.17, 15) is 4.79 Å². The van der Waals surface area contributed by atoms with E-state index in [1.165, 1.54) is 0 Å². The quantitative estimate of drug-likeness (QED) is 0.819. The minimum Gasteiger partial charge on any atom is -0.373 e. The van der Waals surface area contributed by atoms with E-state index in [1.54, 1.807) is 0 Å². The summed E-state index contributed by atoms with van der Waals surface area (Å²) in [7, 11) is 0. The molecule has 1 aliphatic rings. The Labute approximate surface area is 149 Å². The predicted molar refractivity (Wildman–Crippen MR) is 102 cm³/mol. The molecule has 0 bridgehead atoms. The van der Waals surface area contributed by atoms with Crippen LogP contribution in [0.1, 0.15) is 20.3 Å². The van der Waals surface area contributed by atoms with Crippen molar-refractivity contribution in [3.8, 4) is 0 Å². The van der Waals surface area contributed by atoms with Gasteiger partial charge in [0.05, 0.1) is 17.9 Å². The van der Waals surface area contributed by atoms with Gasteiger partial charge in [0.25, 0.3) is 0 Å². The Bertz CT molecular complexity index is 704. The van der Waals surface area contributed by atoms with E-state index in [-0.39, 0.29) is 18.2 Å². The SMILES string of the molecule is C[C@H]1CN(CCCNC(=O)Nc2cccc3ccccc23)C[C@H](C)O1. The first kappa shape index (κ1) is 17.7. The van der Waals surface area contributed by atoms with E-state index < -0.39 is 0 Å². The Morgan fingerprint density at radius 2 is 1.84 bits per heavy atom. The second-order valence-electron chi connectivity index (χ2n) is 6.78. The number of carbonyl (C=O) groups is 1. The largest absolute Gasteiger partial charge is 0.373 e. The smallest absolute Gasteiger partial charge is 0.319 e. The maximum absolute atomic E-state index is 12.2. The Hall–Kier alpha value is -2.11. The van der Waals surface area contributed by atoms with Gasteiger partial charge in [-0.15, -0.1) is 0 Å². The molecule has 1 heterocycles. The summed E-state index contributed by atoms with van der Waals surface area (Å²) in [5.41, 5.74) is 0.839. The fraction of sp³-hybridized carbons (Fsp3) is 0.450. The lowest BCUT2D eigenvalue weighted by molar-refractivity contribution is -0.0679. The highest BCUT2D eigenvalue weighted by molar-refractivity contribution is 6.01. The van der Waals surface area contributed by atoms with Crippen molar-refractivity contribution < 1.29 is 9.53 Å². The summed E-state index contributed by atoms with van der Waals surface area (Å²) >= 11 is 0. The molecule has 134 valence electrons. The second-order valence-corrected chi connectivity index (χ2v) is 6.78. The van der Waals surface area contributed by atoms with E-state index >= 15 is 0 Å². The Morgan fingerprint density at radius 3 is 2.64 bits per heavy atom. The highest BCUT2D eigenvalue weighted by Gasteiger charge is 2.21. The highest BCUT2D eigenvalue weighted by Crippen LogP contribution is 2.22. The predicted octanol–water partition coefficient (Wildman–Crippen LogP) is 3.46. The lowest BCUT2D eigenvalue weighted by Crippen LogP contribution is -2.46. The Kier molecular flexibility index (Phi) is 5.89. The van der Waals surface area contributed by atoms with Crippen LogP contribution in [0.15, 0.2) is 42.5 Å². The molecule has 0 radical (unpaired) electrons. The number of nitrogens with one attached hydrogen (secondary N) is 2. The van der Waals surface area contributed by atoms with E-state index in [1.807, 2.05) is 42.5 Å². The Balaban J connectivity index is 1.44. The molecule has 5 heteroatoms. The maximum atomic E-state index is 12.2. The maximum Gasteiger partial charge on any atom is 0.319 e. The summed E-state index contributed by atoms with van der Waals surface area (Å²) in [6.45, 7) is 7.79. The normalized spacial score (nSPS) is 21.2. The minimum atomic E-state index is -0.153. The number of hydrogen-bond acceptors (Lipinski definition) is 3. The molecule has 2 amide bonds. The number of nitrogens with zero attached hydrogens (tertiary/aromatic N) is 1. The summed E-state index contributed by atoms with van der Waals surface area (Å²) in [5.74, 6) is 0. The van der Waals surface area contributed by atoms with Crippen LogP contribution in [0.2, 0.25) is 0 Å². The number of rotatable bonds is 5. The zero-order valence-electron chi connectivity index (χ0n) is 15.0. The number of hydrogen-bond donors (Lipinski definition) is 2. The van der Waals surface area contributed by atoms with Gasteiger partial charge in [-0.2, -0.15) is 0 Å². The molecule has 0 aromatic heterocycles. The first-order valence-corrected chi connectivity index (χ1v) is 9.02. The number of fused-ring (bicyclic) bond motifs is 1. The number of anilines is 1. The second kappa shape index (κ2) is 8.32. The average Bonchev–Trinajstić information content (AvgIpc) is 2.58.